The number of allylic oxidation sites excluding steroid dienone is 1. The first-order valence-electron chi connectivity index (χ1n) is 10.1. The molecule has 1 atom stereocenters. The Morgan fingerprint density at radius 1 is 1.21 bits per heavy atom. The minimum absolute atomic E-state index is 0.0772. The zero-order valence-corrected chi connectivity index (χ0v) is 16.9. The van der Waals surface area contributed by atoms with Crippen LogP contribution in [-0.4, -0.2) is 34.8 Å². The first kappa shape index (κ1) is 19.2. The monoisotopic (exact) mass is 390 g/mol. The van der Waals surface area contributed by atoms with E-state index in [0.29, 0.717) is 28.3 Å². The molecule has 7 nitrogen and oxygen atoms in total. The molecule has 0 saturated heterocycles. The van der Waals surface area contributed by atoms with Crippen LogP contribution in [0.3, 0.4) is 0 Å². The van der Waals surface area contributed by atoms with Gasteiger partial charge in [0.1, 0.15) is 23.6 Å². The van der Waals surface area contributed by atoms with Gasteiger partial charge in [0.05, 0.1) is 11.8 Å². The largest absolute Gasteiger partial charge is 0.507 e. The van der Waals surface area contributed by atoms with Gasteiger partial charge in [0.2, 0.25) is 0 Å². The van der Waals surface area contributed by atoms with E-state index in [9.17, 15) is 5.11 Å². The van der Waals surface area contributed by atoms with Crippen LogP contribution in [0.4, 0.5) is 0 Å². The average Bonchev–Trinajstić information content (AvgIpc) is 3.20. The van der Waals surface area contributed by atoms with Crippen LogP contribution < -0.4 is 0 Å². The molecule has 29 heavy (non-hydrogen) atoms. The molecule has 0 spiro atoms. The van der Waals surface area contributed by atoms with Gasteiger partial charge < -0.3 is 5.11 Å². The van der Waals surface area contributed by atoms with Gasteiger partial charge in [-0.1, -0.05) is 32.3 Å². The second kappa shape index (κ2) is 8.11. The maximum atomic E-state index is 10.4. The summed E-state index contributed by atoms with van der Waals surface area (Å²) < 4.78 is 1.72. The number of hydrogen-bond donors (Lipinski definition) is 1. The Morgan fingerprint density at radius 3 is 2.79 bits per heavy atom. The van der Waals surface area contributed by atoms with E-state index in [1.165, 1.54) is 31.3 Å². The summed E-state index contributed by atoms with van der Waals surface area (Å²) in [6.45, 7) is 4.64. The number of imidazole rings is 1. The number of pyridine rings is 1. The van der Waals surface area contributed by atoms with Crippen LogP contribution >= 0.6 is 0 Å². The Morgan fingerprint density at radius 2 is 2.10 bits per heavy atom. The molecule has 150 valence electrons. The van der Waals surface area contributed by atoms with Gasteiger partial charge in [-0.15, -0.1) is 10.2 Å². The molecule has 0 radical (unpaired) electrons. The summed E-state index contributed by atoms with van der Waals surface area (Å²) in [5.74, 6) is 1.28. The summed E-state index contributed by atoms with van der Waals surface area (Å²) in [7, 11) is 0. The van der Waals surface area contributed by atoms with Gasteiger partial charge in [0, 0.05) is 24.7 Å². The van der Waals surface area contributed by atoms with Crippen molar-refractivity contribution in [2.45, 2.75) is 52.4 Å². The van der Waals surface area contributed by atoms with Crippen LogP contribution in [0.25, 0.3) is 23.2 Å². The second-order valence-electron chi connectivity index (χ2n) is 8.08. The molecule has 0 unspecified atom stereocenters. The van der Waals surface area contributed by atoms with Crippen molar-refractivity contribution < 1.29 is 5.11 Å². The van der Waals surface area contributed by atoms with Crippen molar-refractivity contribution in [3.05, 3.63) is 48.6 Å². The van der Waals surface area contributed by atoms with Gasteiger partial charge >= 0.3 is 0 Å². The average molecular weight is 390 g/mol. The third-order valence-corrected chi connectivity index (χ3v) is 5.86. The fourth-order valence-electron chi connectivity index (χ4n) is 3.88. The zero-order chi connectivity index (χ0) is 20.3. The van der Waals surface area contributed by atoms with Crippen LogP contribution in [0.15, 0.2) is 42.8 Å². The molecular weight excluding hydrogens is 364 g/mol. The first-order valence-corrected chi connectivity index (χ1v) is 10.1. The van der Waals surface area contributed by atoms with E-state index in [1.807, 2.05) is 0 Å². The third kappa shape index (κ3) is 4.34. The Bertz CT molecular complexity index is 997. The van der Waals surface area contributed by atoms with Crippen molar-refractivity contribution in [3.63, 3.8) is 0 Å². The van der Waals surface area contributed by atoms with E-state index in [2.05, 4.69) is 45.1 Å². The van der Waals surface area contributed by atoms with Gasteiger partial charge in [0.25, 0.3) is 0 Å². The van der Waals surface area contributed by atoms with Crippen molar-refractivity contribution in [3.8, 4) is 22.8 Å². The molecular formula is C22H26N6O. The molecule has 3 aromatic rings. The summed E-state index contributed by atoms with van der Waals surface area (Å²) in [6, 6.07) is 1.58. The summed E-state index contributed by atoms with van der Waals surface area (Å²) in [4.78, 5) is 12.8. The van der Waals surface area contributed by atoms with Crippen molar-refractivity contribution in [1.29, 1.82) is 0 Å². The van der Waals surface area contributed by atoms with Crippen molar-refractivity contribution in [2.24, 2.45) is 5.41 Å². The minimum Gasteiger partial charge on any atom is -0.507 e. The van der Waals surface area contributed by atoms with Crippen LogP contribution in [-0.2, 0) is 0 Å². The van der Waals surface area contributed by atoms with E-state index in [4.69, 9.17) is 0 Å². The highest BCUT2D eigenvalue weighted by atomic mass is 16.3. The topological polar surface area (TPSA) is 89.6 Å². The Balaban J connectivity index is 1.55. The molecule has 1 aliphatic carbocycles. The van der Waals surface area contributed by atoms with Gasteiger partial charge in [-0.05, 0) is 37.2 Å². The molecule has 1 saturated carbocycles. The molecule has 3 aromatic heterocycles. The number of aromatic hydroxyl groups is 1. The normalized spacial score (nSPS) is 21.2. The summed E-state index contributed by atoms with van der Waals surface area (Å²) in [5, 5.41) is 19.0. The molecule has 3 heterocycles. The zero-order valence-electron chi connectivity index (χ0n) is 16.9. The maximum absolute atomic E-state index is 10.4. The predicted molar refractivity (Wildman–Crippen MR) is 111 cm³/mol. The summed E-state index contributed by atoms with van der Waals surface area (Å²) in [5.41, 5.74) is 2.76. The van der Waals surface area contributed by atoms with Crippen LogP contribution in [0.5, 0.6) is 5.75 Å². The predicted octanol–water partition coefficient (Wildman–Crippen LogP) is 4.59. The molecule has 0 amide bonds. The molecule has 0 bridgehead atoms. The SMILES string of the molecule is CC[C@@]1(C)CCCC/C(=C\c2ncc(-c3cnc(-n4ccnc4)cc3O)nn2)C1. The van der Waals surface area contributed by atoms with Crippen molar-refractivity contribution in [2.75, 3.05) is 0 Å². The van der Waals surface area contributed by atoms with E-state index in [1.54, 1.807) is 41.7 Å². The molecule has 4 rings (SSSR count). The van der Waals surface area contributed by atoms with Gasteiger partial charge in [-0.25, -0.2) is 15.0 Å². The standard InChI is InChI=1S/C22H26N6O/c1-3-22(2)7-5-4-6-16(12-22)10-20-24-14-18(26-27-20)17-13-25-21(11-19(17)29)28-9-8-23-15-28/h8-11,13-15H,3-7,12H2,1-2H3,(H,25,29)/b16-10+/t22-/m0/s1. The third-order valence-electron chi connectivity index (χ3n) is 5.86. The van der Waals surface area contributed by atoms with Crippen LogP contribution in [0, 0.1) is 5.41 Å². The molecule has 1 fully saturated rings. The fraction of sp³-hybridized carbons (Fsp3) is 0.409. The lowest BCUT2D eigenvalue weighted by Gasteiger charge is -2.26. The van der Waals surface area contributed by atoms with E-state index in [0.717, 1.165) is 12.8 Å². The smallest absolute Gasteiger partial charge is 0.174 e. The number of hydrogen-bond acceptors (Lipinski definition) is 6. The number of rotatable bonds is 4. The Kier molecular flexibility index (Phi) is 5.38. The maximum Gasteiger partial charge on any atom is 0.174 e. The summed E-state index contributed by atoms with van der Waals surface area (Å²) in [6.07, 6.45) is 17.5. The van der Waals surface area contributed by atoms with E-state index in [-0.39, 0.29) is 5.75 Å². The molecule has 0 aliphatic heterocycles. The molecule has 1 aliphatic rings. The van der Waals surface area contributed by atoms with E-state index < -0.39 is 0 Å². The summed E-state index contributed by atoms with van der Waals surface area (Å²) >= 11 is 0. The van der Waals surface area contributed by atoms with Crippen molar-refractivity contribution >= 4 is 6.08 Å². The van der Waals surface area contributed by atoms with Gasteiger partial charge in [-0.3, -0.25) is 4.57 Å². The highest BCUT2D eigenvalue weighted by molar-refractivity contribution is 5.66. The quantitative estimate of drug-likeness (QED) is 0.656. The Hall–Kier alpha value is -3.09. The van der Waals surface area contributed by atoms with Crippen LogP contribution in [0.1, 0.15) is 58.2 Å². The number of aromatic nitrogens is 6. The highest BCUT2D eigenvalue weighted by Crippen LogP contribution is 2.40. The fourth-order valence-corrected chi connectivity index (χ4v) is 3.88. The Labute approximate surface area is 170 Å². The van der Waals surface area contributed by atoms with Crippen molar-refractivity contribution in [1.82, 2.24) is 29.7 Å². The molecule has 0 aromatic carbocycles. The lowest BCUT2D eigenvalue weighted by molar-refractivity contribution is 0.285. The first-order chi connectivity index (χ1) is 14.1. The lowest BCUT2D eigenvalue weighted by Crippen LogP contribution is -2.14. The highest BCUT2D eigenvalue weighted by Gasteiger charge is 2.25. The van der Waals surface area contributed by atoms with Crippen LogP contribution in [0.2, 0.25) is 0 Å². The van der Waals surface area contributed by atoms with E-state index >= 15 is 0 Å². The number of nitrogens with zero attached hydrogens (tertiary/aromatic N) is 6. The minimum atomic E-state index is 0.0772. The lowest BCUT2D eigenvalue weighted by atomic mass is 9.79. The van der Waals surface area contributed by atoms with Gasteiger partial charge in [-0.2, -0.15) is 0 Å². The second-order valence-corrected chi connectivity index (χ2v) is 8.08. The molecule has 1 N–H and O–H groups in total. The molecule has 7 heteroatoms. The van der Waals surface area contributed by atoms with Gasteiger partial charge in [0.15, 0.2) is 5.82 Å².